The summed E-state index contributed by atoms with van der Waals surface area (Å²) in [5.74, 6) is 0.126. The van der Waals surface area contributed by atoms with Crippen molar-refractivity contribution in [1.29, 1.82) is 0 Å². The Balaban J connectivity index is 1.64. The van der Waals surface area contributed by atoms with Crippen LogP contribution < -0.4 is 10.3 Å². The molecule has 5 aromatic rings. The van der Waals surface area contributed by atoms with Crippen molar-refractivity contribution >= 4 is 43.6 Å². The zero-order valence-electron chi connectivity index (χ0n) is 15.8. The molecule has 1 aliphatic heterocycles. The van der Waals surface area contributed by atoms with E-state index < -0.39 is 11.9 Å². The topological polar surface area (TPSA) is 76.6 Å². The Bertz CT molecular complexity index is 1510. The first-order valence-corrected chi connectivity index (χ1v) is 10.2. The molecule has 0 aliphatic carbocycles. The highest BCUT2D eigenvalue weighted by molar-refractivity contribution is 7.22. The van der Waals surface area contributed by atoms with Crippen LogP contribution >= 0.6 is 11.3 Å². The first-order chi connectivity index (χ1) is 14.6. The fourth-order valence-corrected chi connectivity index (χ4v) is 5.05. The molecule has 0 spiro atoms. The molecule has 1 aliphatic rings. The minimum absolute atomic E-state index is 0.0375. The van der Waals surface area contributed by atoms with Gasteiger partial charge in [0, 0.05) is 0 Å². The lowest BCUT2D eigenvalue weighted by Gasteiger charge is -2.19. The summed E-state index contributed by atoms with van der Waals surface area (Å²) in [6.45, 7) is 2.01. The van der Waals surface area contributed by atoms with Crippen LogP contribution in [0.15, 0.2) is 74.5 Å². The molecule has 1 atom stereocenters. The Kier molecular flexibility index (Phi) is 3.52. The second-order valence-corrected chi connectivity index (χ2v) is 8.24. The molecule has 1 amide bonds. The largest absolute Gasteiger partial charge is 0.467 e. The first kappa shape index (κ1) is 17.2. The summed E-state index contributed by atoms with van der Waals surface area (Å²) in [7, 11) is 0. The molecule has 0 radical (unpaired) electrons. The number of aryl methyl sites for hydroxylation is 1. The highest BCUT2D eigenvalue weighted by Crippen LogP contribution is 2.43. The van der Waals surface area contributed by atoms with E-state index in [0.717, 1.165) is 15.8 Å². The van der Waals surface area contributed by atoms with Crippen LogP contribution in [0.4, 0.5) is 5.13 Å². The van der Waals surface area contributed by atoms with Gasteiger partial charge in [-0.25, -0.2) is 4.98 Å². The van der Waals surface area contributed by atoms with Gasteiger partial charge in [-0.3, -0.25) is 14.5 Å². The van der Waals surface area contributed by atoms with Crippen LogP contribution in [0.2, 0.25) is 0 Å². The molecule has 0 bridgehead atoms. The molecular weight excluding hydrogens is 400 g/mol. The molecular formula is C23H14N2O4S. The number of carbonyl (C=O) groups is 1. The lowest BCUT2D eigenvalue weighted by molar-refractivity contribution is 0.0969. The minimum atomic E-state index is -0.731. The maximum Gasteiger partial charge on any atom is 0.297 e. The minimum Gasteiger partial charge on any atom is -0.467 e. The van der Waals surface area contributed by atoms with Gasteiger partial charge in [0.1, 0.15) is 17.4 Å². The van der Waals surface area contributed by atoms with E-state index in [1.54, 1.807) is 36.4 Å². The number of benzene rings is 2. The van der Waals surface area contributed by atoms with Crippen LogP contribution in [-0.2, 0) is 0 Å². The van der Waals surface area contributed by atoms with E-state index in [0.29, 0.717) is 21.9 Å². The first-order valence-electron chi connectivity index (χ1n) is 9.42. The molecule has 0 saturated carbocycles. The number of amides is 1. The molecule has 2 aromatic carbocycles. The maximum absolute atomic E-state index is 13.5. The third-order valence-corrected chi connectivity index (χ3v) is 6.35. The quantitative estimate of drug-likeness (QED) is 0.404. The van der Waals surface area contributed by atoms with Gasteiger partial charge in [-0.15, -0.1) is 0 Å². The molecule has 0 N–H and O–H groups in total. The molecule has 4 heterocycles. The number of hydrogen-bond donors (Lipinski definition) is 0. The number of aromatic nitrogens is 1. The second kappa shape index (κ2) is 6.14. The van der Waals surface area contributed by atoms with Gasteiger partial charge in [0.15, 0.2) is 10.6 Å². The van der Waals surface area contributed by atoms with Gasteiger partial charge in [0.25, 0.3) is 5.91 Å². The number of para-hydroxylation sites is 1. The Hall–Kier alpha value is -3.71. The van der Waals surface area contributed by atoms with E-state index in [2.05, 4.69) is 4.98 Å². The zero-order chi connectivity index (χ0) is 20.4. The molecule has 3 aromatic heterocycles. The number of nitrogens with zero attached hydrogens (tertiary/aromatic N) is 2. The number of hydrogen-bond acceptors (Lipinski definition) is 6. The third-order valence-electron chi connectivity index (χ3n) is 5.33. The number of rotatable bonds is 2. The van der Waals surface area contributed by atoms with Gasteiger partial charge >= 0.3 is 0 Å². The number of anilines is 1. The zero-order valence-corrected chi connectivity index (χ0v) is 16.6. The van der Waals surface area contributed by atoms with Crippen molar-refractivity contribution in [2.45, 2.75) is 13.0 Å². The lowest BCUT2D eigenvalue weighted by atomic mass is 10.0. The summed E-state index contributed by atoms with van der Waals surface area (Å²) < 4.78 is 12.5. The average molecular weight is 414 g/mol. The number of furan rings is 1. The van der Waals surface area contributed by atoms with Crippen LogP contribution in [0.3, 0.4) is 0 Å². The lowest BCUT2D eigenvalue weighted by Crippen LogP contribution is -2.29. The third kappa shape index (κ3) is 2.32. The van der Waals surface area contributed by atoms with Crippen LogP contribution in [0, 0.1) is 6.92 Å². The number of carbonyl (C=O) groups excluding carboxylic acids is 1. The van der Waals surface area contributed by atoms with E-state index in [1.807, 2.05) is 25.1 Å². The Morgan fingerprint density at radius 3 is 2.77 bits per heavy atom. The van der Waals surface area contributed by atoms with E-state index in [9.17, 15) is 9.59 Å². The molecule has 0 unspecified atom stereocenters. The van der Waals surface area contributed by atoms with Crippen molar-refractivity contribution in [3.05, 3.63) is 93.7 Å². The Labute approximate surface area is 174 Å². The average Bonchev–Trinajstić information content (AvgIpc) is 3.46. The normalized spacial score (nSPS) is 16.0. The van der Waals surface area contributed by atoms with Crippen molar-refractivity contribution in [3.8, 4) is 0 Å². The van der Waals surface area contributed by atoms with Crippen LogP contribution in [0.5, 0.6) is 0 Å². The van der Waals surface area contributed by atoms with E-state index in [4.69, 9.17) is 8.83 Å². The summed E-state index contributed by atoms with van der Waals surface area (Å²) >= 11 is 1.40. The molecule has 0 fully saturated rings. The highest BCUT2D eigenvalue weighted by atomic mass is 32.1. The van der Waals surface area contributed by atoms with Crippen molar-refractivity contribution in [2.75, 3.05) is 4.90 Å². The van der Waals surface area contributed by atoms with Crippen LogP contribution in [0.25, 0.3) is 21.2 Å². The number of fused-ring (bicyclic) bond motifs is 3. The summed E-state index contributed by atoms with van der Waals surface area (Å²) in [4.78, 5) is 33.0. The van der Waals surface area contributed by atoms with Crippen LogP contribution in [0.1, 0.15) is 33.5 Å². The summed E-state index contributed by atoms with van der Waals surface area (Å²) in [5.41, 5.74) is 2.34. The molecule has 146 valence electrons. The van der Waals surface area contributed by atoms with Crippen LogP contribution in [-0.4, -0.2) is 10.9 Å². The maximum atomic E-state index is 13.5. The summed E-state index contributed by atoms with van der Waals surface area (Å²) in [6, 6.07) is 15.6. The summed E-state index contributed by atoms with van der Waals surface area (Å²) in [6.07, 6.45) is 1.53. The fourth-order valence-electron chi connectivity index (χ4n) is 3.96. The molecule has 0 saturated heterocycles. The predicted octanol–water partition coefficient (Wildman–Crippen LogP) is 5.05. The second-order valence-electron chi connectivity index (χ2n) is 7.23. The Morgan fingerprint density at radius 2 is 1.93 bits per heavy atom. The van der Waals surface area contributed by atoms with Gasteiger partial charge in [-0.05, 0) is 48.9 Å². The number of thiazole rings is 1. The monoisotopic (exact) mass is 414 g/mol. The van der Waals surface area contributed by atoms with E-state index >= 15 is 0 Å². The van der Waals surface area contributed by atoms with Gasteiger partial charge in [0.05, 0.1) is 27.4 Å². The van der Waals surface area contributed by atoms with E-state index in [1.165, 1.54) is 22.5 Å². The fraction of sp³-hybridized carbons (Fsp3) is 0.0870. The predicted molar refractivity (Wildman–Crippen MR) is 114 cm³/mol. The van der Waals surface area contributed by atoms with Crippen molar-refractivity contribution in [2.24, 2.45) is 0 Å². The van der Waals surface area contributed by atoms with Gasteiger partial charge in [-0.2, -0.15) is 0 Å². The highest BCUT2D eigenvalue weighted by Gasteiger charge is 2.46. The van der Waals surface area contributed by atoms with Gasteiger partial charge < -0.3 is 8.83 Å². The molecule has 7 heteroatoms. The smallest absolute Gasteiger partial charge is 0.297 e. The van der Waals surface area contributed by atoms with Gasteiger partial charge in [0.2, 0.25) is 5.76 Å². The molecule has 6 nitrogen and oxygen atoms in total. The molecule has 30 heavy (non-hydrogen) atoms. The van der Waals surface area contributed by atoms with E-state index in [-0.39, 0.29) is 16.8 Å². The van der Waals surface area contributed by atoms with Crippen molar-refractivity contribution in [3.63, 3.8) is 0 Å². The molecule has 6 rings (SSSR count). The summed E-state index contributed by atoms with van der Waals surface area (Å²) in [5, 5.41) is 0.930. The Morgan fingerprint density at radius 1 is 1.07 bits per heavy atom. The SMILES string of the molecule is Cc1ccc2nc(N3C(=O)c4oc5ccccc5c(=O)c4[C@H]3c3ccco3)sc2c1. The van der Waals surface area contributed by atoms with Crippen molar-refractivity contribution in [1.82, 2.24) is 4.98 Å². The van der Waals surface area contributed by atoms with Crippen molar-refractivity contribution < 1.29 is 13.6 Å². The van der Waals surface area contributed by atoms with Gasteiger partial charge in [-0.1, -0.05) is 29.5 Å². The standard InChI is InChI=1S/C23H14N2O4S/c1-12-8-9-14-17(11-12)30-23(24-14)25-19(16-7-4-10-28-16)18-20(26)13-5-2-3-6-15(13)29-21(18)22(25)27/h2-11,19H,1H3/t19-/m1/s1.